The number of hydrogen-bond donors (Lipinski definition) is 0. The summed E-state index contributed by atoms with van der Waals surface area (Å²) < 4.78 is 45.8. The Labute approximate surface area is 116 Å². The molecule has 0 bridgehead atoms. The highest BCUT2D eigenvalue weighted by Crippen LogP contribution is 2.30. The number of carbonyl (C=O) groups excluding carboxylic acids is 1. The molecular weight excluding hydrogens is 329 g/mol. The minimum atomic E-state index is -4.76. The van der Waals surface area contributed by atoms with E-state index >= 15 is 0 Å². The van der Waals surface area contributed by atoms with Crippen LogP contribution in [0.4, 0.5) is 13.2 Å². The average Bonchev–Trinajstić information content (AvgIpc) is 2.26. The van der Waals surface area contributed by atoms with Crippen LogP contribution < -0.4 is 4.74 Å². The molecule has 0 saturated heterocycles. The van der Waals surface area contributed by atoms with Gasteiger partial charge in [0.15, 0.2) is 0 Å². The quantitative estimate of drug-likeness (QED) is 0.764. The molecule has 0 aromatic heterocycles. The number of halogens is 4. The lowest BCUT2D eigenvalue weighted by molar-refractivity contribution is -0.274. The number of benzene rings is 1. The fourth-order valence-corrected chi connectivity index (χ4v) is 1.76. The van der Waals surface area contributed by atoms with Crippen molar-refractivity contribution in [3.8, 4) is 5.75 Å². The number of rotatable bonds is 5. The van der Waals surface area contributed by atoms with Crippen LogP contribution in [0.25, 0.3) is 0 Å². The number of carbonyl (C=O) groups is 1. The molecule has 0 spiro atoms. The van der Waals surface area contributed by atoms with Crippen molar-refractivity contribution < 1.29 is 27.4 Å². The van der Waals surface area contributed by atoms with Gasteiger partial charge in [-0.15, -0.1) is 13.2 Å². The summed E-state index contributed by atoms with van der Waals surface area (Å²) in [4.78, 5) is 11.2. The Morgan fingerprint density at radius 2 is 2.05 bits per heavy atom. The molecule has 1 aromatic rings. The topological polar surface area (TPSA) is 35.5 Å². The van der Waals surface area contributed by atoms with Crippen LogP contribution in [0.2, 0.25) is 0 Å². The summed E-state index contributed by atoms with van der Waals surface area (Å²) in [5.74, 6) is -0.769. The van der Waals surface area contributed by atoms with E-state index in [-0.39, 0.29) is 25.2 Å². The summed E-state index contributed by atoms with van der Waals surface area (Å²) in [6.07, 6.45) is -4.64. The summed E-state index contributed by atoms with van der Waals surface area (Å²) >= 11 is 3.07. The molecule has 0 atom stereocenters. The molecule has 0 aliphatic rings. The minimum Gasteiger partial charge on any atom is -0.466 e. The van der Waals surface area contributed by atoms with E-state index in [1.807, 2.05) is 0 Å². The SMILES string of the molecule is CCOC(=O)CCc1ccc(Br)cc1OC(F)(F)F. The highest BCUT2D eigenvalue weighted by Gasteiger charge is 2.32. The Morgan fingerprint density at radius 3 is 2.63 bits per heavy atom. The van der Waals surface area contributed by atoms with Gasteiger partial charge >= 0.3 is 12.3 Å². The van der Waals surface area contributed by atoms with Gasteiger partial charge in [-0.05, 0) is 31.0 Å². The van der Waals surface area contributed by atoms with E-state index in [1.54, 1.807) is 13.0 Å². The van der Waals surface area contributed by atoms with Crippen LogP contribution >= 0.6 is 15.9 Å². The third-order valence-corrected chi connectivity index (χ3v) is 2.65. The Kier molecular flexibility index (Phi) is 5.65. The smallest absolute Gasteiger partial charge is 0.466 e. The number of hydrogen-bond acceptors (Lipinski definition) is 3. The third kappa shape index (κ3) is 5.96. The first-order valence-electron chi connectivity index (χ1n) is 5.51. The van der Waals surface area contributed by atoms with Crippen LogP contribution in [0.5, 0.6) is 5.75 Å². The van der Waals surface area contributed by atoms with Gasteiger partial charge in [0.2, 0.25) is 0 Å². The lowest BCUT2D eigenvalue weighted by Crippen LogP contribution is -2.18. The average molecular weight is 341 g/mol. The third-order valence-electron chi connectivity index (χ3n) is 2.16. The first-order chi connectivity index (χ1) is 8.81. The molecule has 0 aliphatic carbocycles. The lowest BCUT2D eigenvalue weighted by Gasteiger charge is -2.13. The van der Waals surface area contributed by atoms with Crippen LogP contribution in [0.3, 0.4) is 0 Å². The molecule has 7 heteroatoms. The molecule has 0 saturated carbocycles. The van der Waals surface area contributed by atoms with Gasteiger partial charge < -0.3 is 9.47 Å². The molecule has 0 unspecified atom stereocenters. The molecule has 0 heterocycles. The molecule has 106 valence electrons. The number of esters is 1. The summed E-state index contributed by atoms with van der Waals surface area (Å²) in [7, 11) is 0. The monoisotopic (exact) mass is 340 g/mol. The number of aryl methyl sites for hydroxylation is 1. The molecule has 0 amide bonds. The van der Waals surface area contributed by atoms with E-state index < -0.39 is 12.3 Å². The molecule has 0 radical (unpaired) electrons. The van der Waals surface area contributed by atoms with Gasteiger partial charge in [0, 0.05) is 10.9 Å². The predicted octanol–water partition coefficient (Wildman–Crippen LogP) is 3.84. The molecule has 0 N–H and O–H groups in total. The van der Waals surface area contributed by atoms with Gasteiger partial charge in [-0.25, -0.2) is 0 Å². The molecule has 1 aromatic carbocycles. The van der Waals surface area contributed by atoms with Crippen molar-refractivity contribution in [2.24, 2.45) is 0 Å². The van der Waals surface area contributed by atoms with Crippen LogP contribution in [0, 0.1) is 0 Å². The van der Waals surface area contributed by atoms with Gasteiger partial charge in [-0.1, -0.05) is 22.0 Å². The van der Waals surface area contributed by atoms with Crippen molar-refractivity contribution in [3.05, 3.63) is 28.2 Å². The van der Waals surface area contributed by atoms with Gasteiger partial charge in [-0.2, -0.15) is 0 Å². The first-order valence-corrected chi connectivity index (χ1v) is 6.31. The second kappa shape index (κ2) is 6.79. The first kappa shape index (κ1) is 15.8. The molecule has 19 heavy (non-hydrogen) atoms. The number of ether oxygens (including phenoxy) is 2. The normalized spacial score (nSPS) is 11.2. The van der Waals surface area contributed by atoms with Crippen LogP contribution in [0.1, 0.15) is 18.9 Å². The summed E-state index contributed by atoms with van der Waals surface area (Å²) in [5.41, 5.74) is 0.300. The van der Waals surface area contributed by atoms with Gasteiger partial charge in [-0.3, -0.25) is 4.79 Å². The Hall–Kier alpha value is -1.24. The highest BCUT2D eigenvalue weighted by atomic mass is 79.9. The van der Waals surface area contributed by atoms with Gasteiger partial charge in [0.1, 0.15) is 5.75 Å². The van der Waals surface area contributed by atoms with Crippen LogP contribution in [-0.4, -0.2) is 18.9 Å². The largest absolute Gasteiger partial charge is 0.573 e. The fraction of sp³-hybridized carbons (Fsp3) is 0.417. The Bertz CT molecular complexity index is 446. The zero-order valence-corrected chi connectivity index (χ0v) is 11.7. The zero-order chi connectivity index (χ0) is 14.5. The Morgan fingerprint density at radius 1 is 1.37 bits per heavy atom. The van der Waals surface area contributed by atoms with Gasteiger partial charge in [0.25, 0.3) is 0 Å². The standard InChI is InChI=1S/C12H12BrF3O3/c1-2-18-11(17)6-4-8-3-5-9(13)7-10(8)19-12(14,15)16/h3,5,7H,2,4,6H2,1H3. The van der Waals surface area contributed by atoms with Crippen molar-refractivity contribution in [1.29, 1.82) is 0 Å². The Balaban J connectivity index is 2.79. The highest BCUT2D eigenvalue weighted by molar-refractivity contribution is 9.10. The number of alkyl halides is 3. The van der Waals surface area contributed by atoms with Crippen molar-refractivity contribution in [2.45, 2.75) is 26.1 Å². The maximum atomic E-state index is 12.2. The minimum absolute atomic E-state index is 0.00366. The van der Waals surface area contributed by atoms with E-state index in [0.29, 0.717) is 10.0 Å². The maximum Gasteiger partial charge on any atom is 0.573 e. The second-order valence-electron chi connectivity index (χ2n) is 3.60. The molecule has 0 aliphatic heterocycles. The molecular formula is C12H12BrF3O3. The van der Waals surface area contributed by atoms with Crippen molar-refractivity contribution >= 4 is 21.9 Å². The van der Waals surface area contributed by atoms with E-state index in [9.17, 15) is 18.0 Å². The van der Waals surface area contributed by atoms with E-state index in [4.69, 9.17) is 4.74 Å². The second-order valence-corrected chi connectivity index (χ2v) is 4.52. The van der Waals surface area contributed by atoms with E-state index in [1.165, 1.54) is 12.1 Å². The lowest BCUT2D eigenvalue weighted by atomic mass is 10.1. The van der Waals surface area contributed by atoms with Crippen LogP contribution in [0.15, 0.2) is 22.7 Å². The van der Waals surface area contributed by atoms with E-state index in [2.05, 4.69) is 20.7 Å². The van der Waals surface area contributed by atoms with Gasteiger partial charge in [0.05, 0.1) is 6.61 Å². The summed E-state index contributed by atoms with van der Waals surface area (Å²) in [6.45, 7) is 1.90. The van der Waals surface area contributed by atoms with E-state index in [0.717, 1.165) is 0 Å². The summed E-state index contributed by atoms with van der Waals surface area (Å²) in [6, 6.07) is 4.28. The maximum absolute atomic E-state index is 12.2. The van der Waals surface area contributed by atoms with Crippen molar-refractivity contribution in [2.75, 3.05) is 6.61 Å². The predicted molar refractivity (Wildman–Crippen MR) is 65.8 cm³/mol. The van der Waals surface area contributed by atoms with Crippen LogP contribution in [-0.2, 0) is 16.0 Å². The zero-order valence-electron chi connectivity index (χ0n) is 10.1. The molecule has 3 nitrogen and oxygen atoms in total. The molecule has 0 fully saturated rings. The fourth-order valence-electron chi connectivity index (χ4n) is 1.42. The summed E-state index contributed by atoms with van der Waals surface area (Å²) in [5, 5.41) is 0. The van der Waals surface area contributed by atoms with Crippen molar-refractivity contribution in [1.82, 2.24) is 0 Å². The molecule has 1 rings (SSSR count). The van der Waals surface area contributed by atoms with Crippen molar-refractivity contribution in [3.63, 3.8) is 0 Å².